The van der Waals surface area contributed by atoms with Crippen molar-refractivity contribution in [3.8, 4) is 22.9 Å². The van der Waals surface area contributed by atoms with Gasteiger partial charge < -0.3 is 19.1 Å². The van der Waals surface area contributed by atoms with Crippen LogP contribution in [0.3, 0.4) is 0 Å². The van der Waals surface area contributed by atoms with E-state index in [2.05, 4.69) is 5.10 Å². The van der Waals surface area contributed by atoms with Crippen molar-refractivity contribution >= 4 is 5.91 Å². The molecule has 2 aromatic carbocycles. The molecule has 0 saturated heterocycles. The molecular formula is C23H24F3N3O4. The van der Waals surface area contributed by atoms with Gasteiger partial charge in [0.1, 0.15) is 0 Å². The quantitative estimate of drug-likeness (QED) is 0.516. The van der Waals surface area contributed by atoms with E-state index >= 15 is 0 Å². The molecule has 0 N–H and O–H groups in total. The third kappa shape index (κ3) is 4.74. The Balaban J connectivity index is 1.98. The van der Waals surface area contributed by atoms with Crippen LogP contribution in [0.25, 0.3) is 5.69 Å². The Bertz CT molecular complexity index is 1140. The molecule has 176 valence electrons. The van der Waals surface area contributed by atoms with Crippen molar-refractivity contribution in [2.24, 2.45) is 0 Å². The van der Waals surface area contributed by atoms with Gasteiger partial charge in [0.25, 0.3) is 5.91 Å². The number of nitrogens with zero attached hydrogens (tertiary/aromatic N) is 3. The van der Waals surface area contributed by atoms with Gasteiger partial charge in [0.15, 0.2) is 17.2 Å². The van der Waals surface area contributed by atoms with Crippen molar-refractivity contribution in [1.82, 2.24) is 14.7 Å². The summed E-state index contributed by atoms with van der Waals surface area (Å²) in [6.07, 6.45) is -3.86. The number of benzene rings is 2. The van der Waals surface area contributed by atoms with Crippen molar-refractivity contribution in [1.29, 1.82) is 0 Å². The molecule has 0 unspecified atom stereocenters. The van der Waals surface area contributed by atoms with Crippen molar-refractivity contribution in [3.05, 3.63) is 65.0 Å². The summed E-state index contributed by atoms with van der Waals surface area (Å²) in [5, 5.41) is 3.86. The maximum Gasteiger partial charge on any atom is 0.434 e. The number of carbonyl (C=O) groups is 1. The summed E-state index contributed by atoms with van der Waals surface area (Å²) in [6.45, 7) is 1.79. The Morgan fingerprint density at radius 3 is 2.18 bits per heavy atom. The number of aryl methyl sites for hydroxylation is 1. The first-order valence-electron chi connectivity index (χ1n) is 9.87. The molecule has 1 amide bonds. The van der Waals surface area contributed by atoms with Gasteiger partial charge in [0, 0.05) is 19.2 Å². The highest BCUT2D eigenvalue weighted by Gasteiger charge is 2.41. The summed E-state index contributed by atoms with van der Waals surface area (Å²) in [5.74, 6) is 0.229. The number of amides is 1. The van der Waals surface area contributed by atoms with E-state index in [1.54, 1.807) is 24.3 Å². The van der Waals surface area contributed by atoms with Crippen molar-refractivity contribution in [2.75, 3.05) is 28.4 Å². The Kier molecular flexibility index (Phi) is 6.85. The molecule has 0 bridgehead atoms. The fourth-order valence-corrected chi connectivity index (χ4v) is 3.48. The van der Waals surface area contributed by atoms with Crippen LogP contribution in [0.15, 0.2) is 42.6 Å². The van der Waals surface area contributed by atoms with E-state index in [4.69, 9.17) is 14.2 Å². The predicted molar refractivity (Wildman–Crippen MR) is 115 cm³/mol. The minimum Gasteiger partial charge on any atom is -0.493 e. The highest BCUT2D eigenvalue weighted by atomic mass is 19.4. The van der Waals surface area contributed by atoms with Crippen LogP contribution in [0.4, 0.5) is 13.2 Å². The maximum atomic E-state index is 14.0. The molecule has 33 heavy (non-hydrogen) atoms. The average molecular weight is 463 g/mol. The third-order valence-corrected chi connectivity index (χ3v) is 5.09. The SMILES string of the molecule is COc1ccc(CN(C)C(=O)c2cnn(-c3ccc(C)cc3)c2C(F)(F)F)c(OC)c1OC. The first kappa shape index (κ1) is 24.0. The van der Waals surface area contributed by atoms with E-state index in [9.17, 15) is 18.0 Å². The number of carbonyl (C=O) groups excluding carboxylic acids is 1. The van der Waals surface area contributed by atoms with Gasteiger partial charge in [-0.2, -0.15) is 18.3 Å². The van der Waals surface area contributed by atoms with Crippen molar-refractivity contribution < 1.29 is 32.2 Å². The smallest absolute Gasteiger partial charge is 0.434 e. The van der Waals surface area contributed by atoms with Gasteiger partial charge in [-0.3, -0.25) is 4.79 Å². The van der Waals surface area contributed by atoms with Gasteiger partial charge in [-0.25, -0.2) is 4.68 Å². The zero-order chi connectivity index (χ0) is 24.3. The lowest BCUT2D eigenvalue weighted by Crippen LogP contribution is -2.29. The molecule has 0 atom stereocenters. The van der Waals surface area contributed by atoms with E-state index in [1.807, 2.05) is 6.92 Å². The number of alkyl halides is 3. The summed E-state index contributed by atoms with van der Waals surface area (Å²) < 4.78 is 58.6. The number of methoxy groups -OCH3 is 3. The number of hydrogen-bond acceptors (Lipinski definition) is 5. The first-order valence-corrected chi connectivity index (χ1v) is 9.87. The van der Waals surface area contributed by atoms with E-state index in [-0.39, 0.29) is 12.2 Å². The lowest BCUT2D eigenvalue weighted by molar-refractivity contribution is -0.143. The molecule has 10 heteroatoms. The summed E-state index contributed by atoms with van der Waals surface area (Å²) in [4.78, 5) is 14.2. The zero-order valence-electron chi connectivity index (χ0n) is 18.9. The lowest BCUT2D eigenvalue weighted by atomic mass is 10.1. The molecule has 0 aliphatic rings. The summed E-state index contributed by atoms with van der Waals surface area (Å²) >= 11 is 0. The molecule has 1 heterocycles. The van der Waals surface area contributed by atoms with Crippen LogP contribution < -0.4 is 14.2 Å². The second-order valence-electron chi connectivity index (χ2n) is 7.31. The molecule has 0 aliphatic heterocycles. The van der Waals surface area contributed by atoms with E-state index < -0.39 is 23.3 Å². The molecule has 3 aromatic rings. The summed E-state index contributed by atoms with van der Waals surface area (Å²) in [7, 11) is 5.74. The fourth-order valence-electron chi connectivity index (χ4n) is 3.48. The monoisotopic (exact) mass is 463 g/mol. The molecular weight excluding hydrogens is 439 g/mol. The minimum absolute atomic E-state index is 0.0324. The largest absolute Gasteiger partial charge is 0.493 e. The zero-order valence-corrected chi connectivity index (χ0v) is 18.9. The Labute approximate surface area is 189 Å². The predicted octanol–water partition coefficient (Wildman–Crippen LogP) is 4.50. The molecule has 0 aliphatic carbocycles. The van der Waals surface area contributed by atoms with Gasteiger partial charge in [0.2, 0.25) is 5.75 Å². The van der Waals surface area contributed by atoms with Crippen molar-refractivity contribution in [2.45, 2.75) is 19.6 Å². The number of ether oxygens (including phenoxy) is 3. The minimum atomic E-state index is -4.80. The fraction of sp³-hybridized carbons (Fsp3) is 0.304. The average Bonchev–Trinajstić information content (AvgIpc) is 3.24. The molecule has 0 spiro atoms. The summed E-state index contributed by atoms with van der Waals surface area (Å²) in [6, 6.07) is 9.67. The molecule has 3 rings (SSSR count). The van der Waals surface area contributed by atoms with Crippen LogP contribution in [-0.2, 0) is 12.7 Å². The number of hydrogen-bond donors (Lipinski definition) is 0. The number of rotatable bonds is 7. The van der Waals surface area contributed by atoms with Crippen LogP contribution in [0.5, 0.6) is 17.2 Å². The molecule has 0 saturated carbocycles. The Morgan fingerprint density at radius 2 is 1.64 bits per heavy atom. The van der Waals surface area contributed by atoms with Crippen LogP contribution in [-0.4, -0.2) is 49.0 Å². The van der Waals surface area contributed by atoms with E-state index in [0.717, 1.165) is 21.3 Å². The van der Waals surface area contributed by atoms with Crippen LogP contribution in [0, 0.1) is 6.92 Å². The highest BCUT2D eigenvalue weighted by molar-refractivity contribution is 5.95. The van der Waals surface area contributed by atoms with Gasteiger partial charge in [-0.1, -0.05) is 17.7 Å². The second-order valence-corrected chi connectivity index (χ2v) is 7.31. The summed E-state index contributed by atoms with van der Waals surface area (Å²) in [5.41, 5.74) is -0.0615. The molecule has 1 aromatic heterocycles. The van der Waals surface area contributed by atoms with Gasteiger partial charge in [0.05, 0.1) is 38.8 Å². The normalized spacial score (nSPS) is 11.3. The lowest BCUT2D eigenvalue weighted by Gasteiger charge is -2.21. The maximum absolute atomic E-state index is 14.0. The second kappa shape index (κ2) is 9.43. The Hall–Kier alpha value is -3.69. The van der Waals surface area contributed by atoms with Gasteiger partial charge in [-0.15, -0.1) is 0 Å². The first-order chi connectivity index (χ1) is 15.6. The Morgan fingerprint density at radius 1 is 1.00 bits per heavy atom. The van der Waals surface area contributed by atoms with Gasteiger partial charge >= 0.3 is 6.18 Å². The standard InChI is InChI=1S/C23H24F3N3O4/c1-14-6-9-16(10-7-14)29-21(23(24,25)26)17(12-27-29)22(30)28(2)13-15-8-11-18(31-3)20(33-5)19(15)32-4/h6-12H,13H2,1-5H3. The molecule has 0 fully saturated rings. The van der Waals surface area contributed by atoms with Crippen molar-refractivity contribution in [3.63, 3.8) is 0 Å². The third-order valence-electron chi connectivity index (χ3n) is 5.09. The van der Waals surface area contributed by atoms with Crippen LogP contribution in [0.2, 0.25) is 0 Å². The van der Waals surface area contributed by atoms with Gasteiger partial charge in [-0.05, 0) is 31.2 Å². The number of aromatic nitrogens is 2. The highest BCUT2D eigenvalue weighted by Crippen LogP contribution is 2.40. The van der Waals surface area contributed by atoms with Crippen LogP contribution >= 0.6 is 0 Å². The molecule has 0 radical (unpaired) electrons. The van der Waals surface area contributed by atoms with E-state index in [0.29, 0.717) is 22.8 Å². The van der Waals surface area contributed by atoms with E-state index in [1.165, 1.54) is 40.5 Å². The number of halogens is 3. The topological polar surface area (TPSA) is 65.8 Å². The van der Waals surface area contributed by atoms with Crippen LogP contribution in [0.1, 0.15) is 27.2 Å². The molecule has 7 nitrogen and oxygen atoms in total.